The van der Waals surface area contributed by atoms with Crippen LogP contribution in [0.1, 0.15) is 23.9 Å². The lowest BCUT2D eigenvalue weighted by atomic mass is 10.1. The first kappa shape index (κ1) is 14.3. The molecule has 2 aromatic rings. The van der Waals surface area contributed by atoms with Gasteiger partial charge in [-0.15, -0.1) is 0 Å². The van der Waals surface area contributed by atoms with Crippen molar-refractivity contribution in [2.24, 2.45) is 5.84 Å². The van der Waals surface area contributed by atoms with Gasteiger partial charge in [0.15, 0.2) is 0 Å². The third-order valence-electron chi connectivity index (χ3n) is 3.28. The summed E-state index contributed by atoms with van der Waals surface area (Å²) in [5, 5.41) is 0. The van der Waals surface area contributed by atoms with Crippen LogP contribution in [0.2, 0.25) is 0 Å². The lowest BCUT2D eigenvalue weighted by Crippen LogP contribution is -2.20. The molecule has 106 valence electrons. The van der Waals surface area contributed by atoms with E-state index in [4.69, 9.17) is 5.84 Å². The second kappa shape index (κ2) is 6.34. The van der Waals surface area contributed by atoms with Gasteiger partial charge in [0, 0.05) is 26.1 Å². The van der Waals surface area contributed by atoms with Gasteiger partial charge in [-0.2, -0.15) is 0 Å². The Morgan fingerprint density at radius 1 is 1.25 bits per heavy atom. The van der Waals surface area contributed by atoms with Gasteiger partial charge in [0.2, 0.25) is 0 Å². The number of anilines is 2. The van der Waals surface area contributed by atoms with Crippen LogP contribution in [0.3, 0.4) is 0 Å². The maximum absolute atomic E-state index is 5.46. The largest absolute Gasteiger partial charge is 0.355 e. The summed E-state index contributed by atoms with van der Waals surface area (Å²) in [6.45, 7) is 4.95. The van der Waals surface area contributed by atoms with Crippen LogP contribution < -0.4 is 16.2 Å². The van der Waals surface area contributed by atoms with Gasteiger partial charge in [0.05, 0.1) is 0 Å². The van der Waals surface area contributed by atoms with Crippen molar-refractivity contribution >= 4 is 11.6 Å². The highest BCUT2D eigenvalue weighted by molar-refractivity contribution is 5.49. The van der Waals surface area contributed by atoms with Crippen LogP contribution in [0.4, 0.5) is 11.6 Å². The van der Waals surface area contributed by atoms with Crippen molar-refractivity contribution in [2.75, 3.05) is 17.4 Å². The van der Waals surface area contributed by atoms with Gasteiger partial charge in [-0.05, 0) is 18.1 Å². The van der Waals surface area contributed by atoms with E-state index < -0.39 is 0 Å². The monoisotopic (exact) mass is 271 g/mol. The van der Waals surface area contributed by atoms with Crippen molar-refractivity contribution in [3.05, 3.63) is 47.3 Å². The average molecular weight is 271 g/mol. The van der Waals surface area contributed by atoms with E-state index >= 15 is 0 Å². The quantitative estimate of drug-likeness (QED) is 0.645. The Morgan fingerprint density at radius 2 is 2.00 bits per heavy atom. The minimum absolute atomic E-state index is 0.642. The summed E-state index contributed by atoms with van der Waals surface area (Å²) >= 11 is 0. The lowest BCUT2D eigenvalue weighted by molar-refractivity contribution is 0.855. The van der Waals surface area contributed by atoms with Crippen molar-refractivity contribution < 1.29 is 0 Å². The first-order valence-electron chi connectivity index (χ1n) is 6.74. The molecule has 0 amide bonds. The van der Waals surface area contributed by atoms with Crippen LogP contribution in [0.15, 0.2) is 30.3 Å². The molecule has 0 aliphatic heterocycles. The molecule has 0 aliphatic carbocycles. The third kappa shape index (κ3) is 3.24. The maximum atomic E-state index is 5.46. The molecule has 5 nitrogen and oxygen atoms in total. The predicted molar refractivity (Wildman–Crippen MR) is 82.5 cm³/mol. The van der Waals surface area contributed by atoms with Crippen LogP contribution in [-0.2, 0) is 13.0 Å². The zero-order chi connectivity index (χ0) is 14.5. The minimum Gasteiger partial charge on any atom is -0.355 e. The number of rotatable bonds is 5. The van der Waals surface area contributed by atoms with Gasteiger partial charge in [-0.1, -0.05) is 31.2 Å². The highest BCUT2D eigenvalue weighted by Gasteiger charge is 2.09. The molecule has 0 saturated carbocycles. The Balaban J connectivity index is 2.24. The fraction of sp³-hybridized carbons (Fsp3) is 0.333. The van der Waals surface area contributed by atoms with E-state index in [9.17, 15) is 0 Å². The normalized spacial score (nSPS) is 10.4. The van der Waals surface area contributed by atoms with Gasteiger partial charge in [-0.25, -0.2) is 15.8 Å². The molecule has 0 atom stereocenters. The van der Waals surface area contributed by atoms with Crippen molar-refractivity contribution in [1.82, 2.24) is 9.97 Å². The number of nitrogens with one attached hydrogen (secondary N) is 1. The smallest absolute Gasteiger partial charge is 0.145 e. The van der Waals surface area contributed by atoms with Crippen molar-refractivity contribution in [1.29, 1.82) is 0 Å². The van der Waals surface area contributed by atoms with Crippen LogP contribution in [0.25, 0.3) is 0 Å². The topological polar surface area (TPSA) is 67.1 Å². The summed E-state index contributed by atoms with van der Waals surface area (Å²) in [4.78, 5) is 10.9. The van der Waals surface area contributed by atoms with Crippen LogP contribution >= 0.6 is 0 Å². The van der Waals surface area contributed by atoms with Gasteiger partial charge in [-0.3, -0.25) is 0 Å². The van der Waals surface area contributed by atoms with E-state index in [-0.39, 0.29) is 0 Å². The molecule has 0 bridgehead atoms. The zero-order valence-corrected chi connectivity index (χ0v) is 12.2. The molecule has 1 heterocycles. The van der Waals surface area contributed by atoms with Crippen LogP contribution in [0, 0.1) is 6.92 Å². The molecular weight excluding hydrogens is 250 g/mol. The number of hydrogen-bond donors (Lipinski definition) is 2. The highest BCUT2D eigenvalue weighted by atomic mass is 15.3. The number of nitrogens with two attached hydrogens (primary N) is 1. The molecule has 0 radical (unpaired) electrons. The van der Waals surface area contributed by atoms with Gasteiger partial charge < -0.3 is 10.3 Å². The van der Waals surface area contributed by atoms with Gasteiger partial charge >= 0.3 is 0 Å². The molecule has 1 aromatic heterocycles. The number of aromatic nitrogens is 2. The summed E-state index contributed by atoms with van der Waals surface area (Å²) < 4.78 is 0. The first-order valence-corrected chi connectivity index (χ1v) is 6.74. The van der Waals surface area contributed by atoms with Crippen LogP contribution in [-0.4, -0.2) is 17.0 Å². The molecule has 0 unspecified atom stereocenters. The molecule has 3 N–H and O–H groups in total. The molecule has 0 saturated heterocycles. The van der Waals surface area contributed by atoms with E-state index in [1.54, 1.807) is 0 Å². The molecule has 1 aromatic carbocycles. The van der Waals surface area contributed by atoms with Gasteiger partial charge in [0.1, 0.15) is 17.5 Å². The Bertz CT molecular complexity index is 560. The number of benzene rings is 1. The summed E-state index contributed by atoms with van der Waals surface area (Å²) in [6, 6.07) is 10.2. The maximum Gasteiger partial charge on any atom is 0.145 e. The predicted octanol–water partition coefficient (Wildman–Crippen LogP) is 2.27. The van der Waals surface area contributed by atoms with E-state index in [0.29, 0.717) is 5.82 Å². The second-order valence-electron chi connectivity index (χ2n) is 4.81. The third-order valence-corrected chi connectivity index (χ3v) is 3.28. The lowest BCUT2D eigenvalue weighted by Gasteiger charge is -2.20. The molecule has 0 fully saturated rings. The van der Waals surface area contributed by atoms with E-state index in [0.717, 1.165) is 24.6 Å². The fourth-order valence-electron chi connectivity index (χ4n) is 2.03. The zero-order valence-electron chi connectivity index (χ0n) is 12.2. The second-order valence-corrected chi connectivity index (χ2v) is 4.81. The van der Waals surface area contributed by atoms with Crippen molar-refractivity contribution in [3.63, 3.8) is 0 Å². The Kier molecular flexibility index (Phi) is 4.53. The number of nitrogens with zero attached hydrogens (tertiary/aromatic N) is 3. The summed E-state index contributed by atoms with van der Waals surface area (Å²) in [6.07, 6.45) is 0.778. The van der Waals surface area contributed by atoms with Crippen molar-refractivity contribution in [2.45, 2.75) is 26.8 Å². The molecule has 0 aliphatic rings. The van der Waals surface area contributed by atoms with Crippen molar-refractivity contribution in [3.8, 4) is 0 Å². The number of aryl methyl sites for hydroxylation is 2. The summed E-state index contributed by atoms with van der Waals surface area (Å²) in [5.41, 5.74) is 5.16. The minimum atomic E-state index is 0.642. The molecule has 5 heteroatoms. The fourth-order valence-corrected chi connectivity index (χ4v) is 2.03. The van der Waals surface area contributed by atoms with Crippen LogP contribution in [0.5, 0.6) is 0 Å². The van der Waals surface area contributed by atoms with Gasteiger partial charge in [0.25, 0.3) is 0 Å². The number of nitrogen functional groups attached to an aromatic ring is 1. The van der Waals surface area contributed by atoms with E-state index in [1.165, 1.54) is 11.1 Å². The highest BCUT2D eigenvalue weighted by Crippen LogP contribution is 2.18. The number of hydrogen-bond acceptors (Lipinski definition) is 5. The molecular formula is C15H21N5. The summed E-state index contributed by atoms with van der Waals surface area (Å²) in [7, 11) is 2.02. The number of hydrazine groups is 1. The average Bonchev–Trinajstić information content (AvgIpc) is 2.48. The standard InChI is InChI=1S/C15H21N5/c1-4-13-17-14(19-16)9-15(18-13)20(3)10-12-8-6-5-7-11(12)2/h5-9H,4,10,16H2,1-3H3,(H,17,18,19). The molecule has 0 spiro atoms. The Morgan fingerprint density at radius 3 is 2.65 bits per heavy atom. The summed E-state index contributed by atoms with van der Waals surface area (Å²) in [5.74, 6) is 7.76. The molecule has 20 heavy (non-hydrogen) atoms. The first-order chi connectivity index (χ1) is 9.63. The Labute approximate surface area is 119 Å². The SMILES string of the molecule is CCc1nc(NN)cc(N(C)Cc2ccccc2C)n1. The molecule has 2 rings (SSSR count). The van der Waals surface area contributed by atoms with E-state index in [2.05, 4.69) is 51.5 Å². The Hall–Kier alpha value is -2.14. The van der Waals surface area contributed by atoms with E-state index in [1.807, 2.05) is 20.0 Å².